The monoisotopic (exact) mass is 274 g/mol. The molecule has 2 aromatic rings. The van der Waals surface area contributed by atoms with Gasteiger partial charge < -0.3 is 10.1 Å². The summed E-state index contributed by atoms with van der Waals surface area (Å²) >= 11 is 6.02. The van der Waals surface area contributed by atoms with Crippen LogP contribution in [0.15, 0.2) is 36.5 Å². The summed E-state index contributed by atoms with van der Waals surface area (Å²) in [5.41, 5.74) is 3.74. The van der Waals surface area contributed by atoms with Crippen LogP contribution in [0, 0.1) is 0 Å². The van der Waals surface area contributed by atoms with Gasteiger partial charge in [0.15, 0.2) is 0 Å². The van der Waals surface area contributed by atoms with E-state index in [0.29, 0.717) is 11.9 Å². The minimum absolute atomic E-state index is 0.406. The van der Waals surface area contributed by atoms with Crippen LogP contribution in [-0.2, 0) is 12.8 Å². The van der Waals surface area contributed by atoms with Crippen LogP contribution < -0.4 is 10.1 Å². The van der Waals surface area contributed by atoms with Crippen molar-refractivity contribution in [2.24, 2.45) is 0 Å². The number of nitrogens with zero attached hydrogens (tertiary/aromatic N) is 1. The van der Waals surface area contributed by atoms with E-state index in [0.717, 1.165) is 23.6 Å². The molecule has 1 aliphatic rings. The van der Waals surface area contributed by atoms with Gasteiger partial charge in [-0.05, 0) is 42.2 Å². The Morgan fingerprint density at radius 2 is 2.05 bits per heavy atom. The predicted octanol–water partition coefficient (Wildman–Crippen LogP) is 3.32. The predicted molar refractivity (Wildman–Crippen MR) is 77.1 cm³/mol. The first kappa shape index (κ1) is 12.3. The number of halogens is 1. The fourth-order valence-electron chi connectivity index (χ4n) is 2.51. The number of hydrogen-bond acceptors (Lipinski definition) is 3. The normalized spacial score (nSPS) is 17.1. The number of fused-ring (bicyclic) bond motifs is 1. The van der Waals surface area contributed by atoms with Crippen LogP contribution in [0.1, 0.15) is 11.1 Å². The minimum atomic E-state index is 0.406. The van der Waals surface area contributed by atoms with Gasteiger partial charge in [0.2, 0.25) is 5.88 Å². The molecule has 3 rings (SSSR count). The highest BCUT2D eigenvalue weighted by Gasteiger charge is 2.21. The highest BCUT2D eigenvalue weighted by Crippen LogP contribution is 2.27. The maximum Gasteiger partial charge on any atom is 0.213 e. The largest absolute Gasteiger partial charge is 0.481 e. The summed E-state index contributed by atoms with van der Waals surface area (Å²) in [6.07, 6.45) is 3.83. The van der Waals surface area contributed by atoms with Gasteiger partial charge >= 0.3 is 0 Å². The van der Waals surface area contributed by atoms with E-state index in [1.54, 1.807) is 13.3 Å². The third-order valence-electron chi connectivity index (χ3n) is 3.42. The van der Waals surface area contributed by atoms with Crippen molar-refractivity contribution < 1.29 is 4.74 Å². The van der Waals surface area contributed by atoms with Crippen molar-refractivity contribution in [2.75, 3.05) is 12.4 Å². The van der Waals surface area contributed by atoms with Crippen LogP contribution in [0.3, 0.4) is 0 Å². The van der Waals surface area contributed by atoms with Gasteiger partial charge in [0, 0.05) is 17.1 Å². The van der Waals surface area contributed by atoms with Crippen molar-refractivity contribution in [3.05, 3.63) is 52.7 Å². The fraction of sp³-hybridized carbons (Fsp3) is 0.267. The second kappa shape index (κ2) is 5.10. The van der Waals surface area contributed by atoms with Crippen molar-refractivity contribution in [1.29, 1.82) is 0 Å². The van der Waals surface area contributed by atoms with Crippen LogP contribution in [-0.4, -0.2) is 18.1 Å². The molecule has 1 N–H and O–H groups in total. The number of nitrogens with one attached hydrogen (secondary N) is 1. The zero-order valence-corrected chi connectivity index (χ0v) is 11.4. The van der Waals surface area contributed by atoms with Crippen molar-refractivity contribution in [1.82, 2.24) is 4.98 Å². The van der Waals surface area contributed by atoms with Gasteiger partial charge in [-0.3, -0.25) is 0 Å². The molecule has 0 bridgehead atoms. The Bertz CT molecular complexity index is 583. The Morgan fingerprint density at radius 1 is 1.21 bits per heavy atom. The van der Waals surface area contributed by atoms with Crippen molar-refractivity contribution in [3.8, 4) is 5.88 Å². The molecule has 0 spiro atoms. The molecule has 1 aromatic heterocycles. The van der Waals surface area contributed by atoms with E-state index in [4.69, 9.17) is 16.3 Å². The second-order valence-corrected chi connectivity index (χ2v) is 5.19. The quantitative estimate of drug-likeness (QED) is 0.932. The lowest BCUT2D eigenvalue weighted by molar-refractivity contribution is 0.398. The molecule has 0 aliphatic heterocycles. The molecule has 0 saturated heterocycles. The van der Waals surface area contributed by atoms with Crippen LogP contribution in [0.2, 0.25) is 5.02 Å². The van der Waals surface area contributed by atoms with E-state index in [1.807, 2.05) is 18.2 Å². The molecular weight excluding hydrogens is 260 g/mol. The van der Waals surface area contributed by atoms with Crippen LogP contribution in [0.25, 0.3) is 0 Å². The van der Waals surface area contributed by atoms with Crippen molar-refractivity contribution >= 4 is 17.3 Å². The Kier molecular flexibility index (Phi) is 3.30. The van der Waals surface area contributed by atoms with Gasteiger partial charge in [0.1, 0.15) is 0 Å². The Hall–Kier alpha value is -1.74. The third kappa shape index (κ3) is 2.66. The second-order valence-electron chi connectivity index (χ2n) is 4.75. The minimum Gasteiger partial charge on any atom is -0.481 e. The summed E-state index contributed by atoms with van der Waals surface area (Å²) in [5.74, 6) is 0.632. The third-order valence-corrected chi connectivity index (χ3v) is 3.65. The average molecular weight is 275 g/mol. The molecule has 1 heterocycles. The smallest absolute Gasteiger partial charge is 0.213 e. The van der Waals surface area contributed by atoms with Gasteiger partial charge in [0.25, 0.3) is 0 Å². The first-order chi connectivity index (χ1) is 9.24. The molecular formula is C15H15ClN2O. The summed E-state index contributed by atoms with van der Waals surface area (Å²) in [4.78, 5) is 4.20. The van der Waals surface area contributed by atoms with Gasteiger partial charge in [-0.25, -0.2) is 4.98 Å². The number of rotatable bonds is 3. The van der Waals surface area contributed by atoms with E-state index in [1.165, 1.54) is 11.1 Å². The number of hydrogen-bond donors (Lipinski definition) is 1. The van der Waals surface area contributed by atoms with Crippen molar-refractivity contribution in [3.63, 3.8) is 0 Å². The van der Waals surface area contributed by atoms with Gasteiger partial charge in [-0.15, -0.1) is 0 Å². The van der Waals surface area contributed by atoms with Gasteiger partial charge in [0.05, 0.1) is 19.0 Å². The molecule has 1 aromatic carbocycles. The maximum atomic E-state index is 6.02. The van der Waals surface area contributed by atoms with Crippen LogP contribution in [0.4, 0.5) is 5.69 Å². The highest BCUT2D eigenvalue weighted by molar-refractivity contribution is 6.30. The van der Waals surface area contributed by atoms with E-state index in [2.05, 4.69) is 22.4 Å². The van der Waals surface area contributed by atoms with Crippen molar-refractivity contribution in [2.45, 2.75) is 18.9 Å². The fourth-order valence-corrected chi connectivity index (χ4v) is 2.71. The molecule has 0 saturated carbocycles. The lowest BCUT2D eigenvalue weighted by Crippen LogP contribution is -2.19. The summed E-state index contributed by atoms with van der Waals surface area (Å²) < 4.78 is 5.05. The van der Waals surface area contributed by atoms with E-state index in [-0.39, 0.29) is 0 Å². The number of benzene rings is 1. The molecule has 1 aliphatic carbocycles. The molecule has 4 heteroatoms. The molecule has 98 valence electrons. The number of pyridine rings is 1. The molecule has 0 radical (unpaired) electrons. The lowest BCUT2D eigenvalue weighted by atomic mass is 10.1. The first-order valence-corrected chi connectivity index (χ1v) is 6.66. The molecule has 19 heavy (non-hydrogen) atoms. The first-order valence-electron chi connectivity index (χ1n) is 6.28. The summed E-state index contributed by atoms with van der Waals surface area (Å²) in [7, 11) is 1.62. The molecule has 0 fully saturated rings. The Labute approximate surface area is 117 Å². The molecule has 1 unspecified atom stereocenters. The van der Waals surface area contributed by atoms with E-state index in [9.17, 15) is 0 Å². The number of aromatic nitrogens is 1. The molecule has 3 nitrogen and oxygen atoms in total. The topological polar surface area (TPSA) is 34.1 Å². The Morgan fingerprint density at radius 3 is 2.79 bits per heavy atom. The average Bonchev–Trinajstić information content (AvgIpc) is 2.81. The summed E-state index contributed by atoms with van der Waals surface area (Å²) in [6, 6.07) is 10.4. The highest BCUT2D eigenvalue weighted by atomic mass is 35.5. The number of methoxy groups -OCH3 is 1. The zero-order valence-electron chi connectivity index (χ0n) is 10.7. The SMILES string of the molecule is COc1ccc(NC2Cc3ccc(Cl)cc3C2)cn1. The van der Waals surface area contributed by atoms with E-state index < -0.39 is 0 Å². The maximum absolute atomic E-state index is 6.02. The Balaban J connectivity index is 1.69. The zero-order chi connectivity index (χ0) is 13.2. The lowest BCUT2D eigenvalue weighted by Gasteiger charge is -2.13. The standard InChI is InChI=1S/C15H15ClN2O/c1-19-15-5-4-13(9-17-15)18-14-7-10-2-3-12(16)6-11(10)8-14/h2-6,9,14,18H,7-8H2,1H3. The molecule has 0 amide bonds. The number of anilines is 1. The molecule has 1 atom stereocenters. The van der Waals surface area contributed by atoms with Gasteiger partial charge in [-0.1, -0.05) is 17.7 Å². The summed E-state index contributed by atoms with van der Waals surface area (Å²) in [5, 5.41) is 4.31. The van der Waals surface area contributed by atoms with E-state index >= 15 is 0 Å². The number of ether oxygens (including phenoxy) is 1. The van der Waals surface area contributed by atoms with Gasteiger partial charge in [-0.2, -0.15) is 0 Å². The summed E-state index contributed by atoms with van der Waals surface area (Å²) in [6.45, 7) is 0. The van der Waals surface area contributed by atoms with Crippen LogP contribution in [0.5, 0.6) is 5.88 Å². The van der Waals surface area contributed by atoms with Crippen LogP contribution >= 0.6 is 11.6 Å².